The van der Waals surface area contributed by atoms with E-state index < -0.39 is 0 Å². The monoisotopic (exact) mass is 480 g/mol. The van der Waals surface area contributed by atoms with Crippen molar-refractivity contribution in [3.8, 4) is 0 Å². The molecule has 2 rings (SSSR count). The minimum absolute atomic E-state index is 0.322. The van der Waals surface area contributed by atoms with Crippen molar-refractivity contribution in [2.45, 2.75) is 98.7 Å². The van der Waals surface area contributed by atoms with Crippen molar-refractivity contribution in [2.75, 3.05) is 0 Å². The van der Waals surface area contributed by atoms with Gasteiger partial charge in [-0.3, -0.25) is 0 Å². The summed E-state index contributed by atoms with van der Waals surface area (Å²) >= 11 is 0.527. The fraction of sp³-hybridized carbons (Fsp3) is 0.667. The Labute approximate surface area is 178 Å². The molecule has 0 saturated heterocycles. The van der Waals surface area contributed by atoms with Gasteiger partial charge >= 0.3 is 179 Å². The molecule has 0 fully saturated rings. The Morgan fingerprint density at radius 2 is 1.58 bits per heavy atom. The van der Waals surface area contributed by atoms with Crippen molar-refractivity contribution in [3.05, 3.63) is 43.3 Å². The molecule has 0 saturated carbocycles. The van der Waals surface area contributed by atoms with Crippen LogP contribution in [-0.4, -0.2) is 31.9 Å². The van der Waals surface area contributed by atoms with Gasteiger partial charge in [-0.25, -0.2) is 0 Å². The number of hydrogen-bond donors (Lipinski definition) is 0. The molecule has 0 atom stereocenters. The molecule has 0 bridgehead atoms. The summed E-state index contributed by atoms with van der Waals surface area (Å²) in [6.45, 7) is 18.8. The molecule has 0 unspecified atom stereocenters. The van der Waals surface area contributed by atoms with Crippen LogP contribution in [0.3, 0.4) is 0 Å². The van der Waals surface area contributed by atoms with E-state index in [9.17, 15) is 0 Å². The standard InChI is InChI=1S/C15H28Ge.C9H16Ge/c1-6-11-12(7-2)14(16)15(9-4,10-5)13(11)8-3;1-7(2)10-9-6-4-5-8(9)3/h6-10H2,1-5,16H3;4-5,7H,6,10H2,1-3H3. The summed E-state index contributed by atoms with van der Waals surface area (Å²) in [5.41, 5.74) is 7.35. The molecule has 0 amide bonds. The van der Waals surface area contributed by atoms with Gasteiger partial charge in [0.1, 0.15) is 0 Å². The molecule has 2 aliphatic rings. The van der Waals surface area contributed by atoms with Crippen molar-refractivity contribution >= 4 is 31.9 Å². The average Bonchev–Trinajstić information content (AvgIpc) is 3.12. The summed E-state index contributed by atoms with van der Waals surface area (Å²) in [4.78, 5) is 0. The Balaban J connectivity index is 0.000000289. The second-order valence-corrected chi connectivity index (χ2v) is 16.6. The summed E-state index contributed by atoms with van der Waals surface area (Å²) < 4.78 is 4.68. The zero-order valence-corrected chi connectivity index (χ0v) is 26.3. The summed E-state index contributed by atoms with van der Waals surface area (Å²) in [5, 5.41) is 0. The molecule has 0 spiro atoms. The molecule has 26 heavy (non-hydrogen) atoms. The van der Waals surface area contributed by atoms with E-state index in [1.165, 1.54) is 38.5 Å². The average molecular weight is 478 g/mol. The van der Waals surface area contributed by atoms with E-state index in [1.807, 2.05) is 8.81 Å². The first-order valence-electron chi connectivity index (χ1n) is 11.1. The summed E-state index contributed by atoms with van der Waals surface area (Å²) in [6.07, 6.45) is 12.3. The third-order valence-corrected chi connectivity index (χ3v) is 14.5. The minimum atomic E-state index is -0.322. The van der Waals surface area contributed by atoms with E-state index in [0.717, 1.165) is 21.3 Å². The molecule has 148 valence electrons. The molecule has 0 heterocycles. The van der Waals surface area contributed by atoms with Gasteiger partial charge in [0.25, 0.3) is 0 Å². The number of allylic oxidation sites excluding steroid dienone is 8. The molecule has 0 aromatic rings. The van der Waals surface area contributed by atoms with E-state index in [0.29, 0.717) is 5.41 Å². The van der Waals surface area contributed by atoms with Crippen LogP contribution in [0.1, 0.15) is 93.9 Å². The van der Waals surface area contributed by atoms with E-state index in [-0.39, 0.29) is 15.4 Å². The first-order chi connectivity index (χ1) is 12.3. The fourth-order valence-electron chi connectivity index (χ4n) is 5.27. The predicted molar refractivity (Wildman–Crippen MR) is 128 cm³/mol. The number of hydrogen-bond acceptors (Lipinski definition) is 0. The second kappa shape index (κ2) is 11.1. The van der Waals surface area contributed by atoms with Crippen LogP contribution in [0.15, 0.2) is 43.3 Å². The molecule has 0 nitrogen and oxygen atoms in total. The van der Waals surface area contributed by atoms with Crippen molar-refractivity contribution < 1.29 is 0 Å². The van der Waals surface area contributed by atoms with Gasteiger partial charge in [-0.15, -0.1) is 0 Å². The Morgan fingerprint density at radius 3 is 1.92 bits per heavy atom. The summed E-state index contributed by atoms with van der Waals surface area (Å²) in [5.74, 6) is 0. The molecular weight excluding hydrogens is 433 g/mol. The van der Waals surface area contributed by atoms with Gasteiger partial charge in [-0.05, 0) is 0 Å². The molecular formula is C24H44Ge2. The predicted octanol–water partition coefficient (Wildman–Crippen LogP) is 6.17. The van der Waals surface area contributed by atoms with Gasteiger partial charge in [0.2, 0.25) is 0 Å². The first-order valence-corrected chi connectivity index (χ1v) is 16.4. The fourth-order valence-corrected chi connectivity index (χ4v) is 12.5. The Morgan fingerprint density at radius 1 is 1.00 bits per heavy atom. The molecule has 2 heteroatoms. The van der Waals surface area contributed by atoms with Gasteiger partial charge in [0, 0.05) is 0 Å². The van der Waals surface area contributed by atoms with Crippen LogP contribution in [-0.2, 0) is 0 Å². The maximum atomic E-state index is 2.39. The Hall–Kier alpha value is 0.0457. The Bertz CT molecular complexity index is 596. The van der Waals surface area contributed by atoms with E-state index in [4.69, 9.17) is 0 Å². The normalized spacial score (nSPS) is 19.6. The SMILES string of the molecule is CC1=[C]([GeH2][CH](C)C)CC=C1.CCC1=[C]([GeH3])C(CC)(CC)C(CC)=C1CC. The van der Waals surface area contributed by atoms with Gasteiger partial charge in [0.05, 0.1) is 0 Å². The molecule has 2 aliphatic carbocycles. The topological polar surface area (TPSA) is 0 Å². The van der Waals surface area contributed by atoms with Crippen molar-refractivity contribution in [2.24, 2.45) is 5.41 Å². The molecule has 0 aliphatic heterocycles. The van der Waals surface area contributed by atoms with Gasteiger partial charge in [-0.2, -0.15) is 0 Å². The third kappa shape index (κ3) is 5.10. The van der Waals surface area contributed by atoms with Crippen LogP contribution in [0, 0.1) is 5.41 Å². The molecule has 0 aromatic carbocycles. The van der Waals surface area contributed by atoms with Crippen molar-refractivity contribution in [1.82, 2.24) is 0 Å². The first kappa shape index (κ1) is 24.1. The van der Waals surface area contributed by atoms with Gasteiger partial charge < -0.3 is 0 Å². The maximum absolute atomic E-state index is 2.39. The summed E-state index contributed by atoms with van der Waals surface area (Å²) in [7, 11) is 0. The molecule has 0 radical (unpaired) electrons. The zero-order valence-electron chi connectivity index (χ0n) is 19.2. The van der Waals surface area contributed by atoms with Crippen molar-refractivity contribution in [3.63, 3.8) is 0 Å². The van der Waals surface area contributed by atoms with E-state index in [2.05, 4.69) is 67.5 Å². The van der Waals surface area contributed by atoms with Crippen LogP contribution in [0.25, 0.3) is 0 Å². The molecule has 0 N–H and O–H groups in total. The van der Waals surface area contributed by atoms with Crippen LogP contribution < -0.4 is 0 Å². The quantitative estimate of drug-likeness (QED) is 0.385. The third-order valence-electron chi connectivity index (χ3n) is 6.69. The Kier molecular flexibility index (Phi) is 10.3. The van der Waals surface area contributed by atoms with Crippen LogP contribution in [0.2, 0.25) is 4.75 Å². The number of rotatable bonds is 7. The summed E-state index contributed by atoms with van der Waals surface area (Å²) in [6, 6.07) is 0. The zero-order chi connectivity index (χ0) is 19.9. The molecule has 0 aromatic heterocycles. The van der Waals surface area contributed by atoms with Gasteiger partial charge in [0.15, 0.2) is 0 Å². The van der Waals surface area contributed by atoms with Crippen molar-refractivity contribution in [1.29, 1.82) is 0 Å². The van der Waals surface area contributed by atoms with E-state index >= 15 is 0 Å². The van der Waals surface area contributed by atoms with Crippen LogP contribution in [0.5, 0.6) is 0 Å². The van der Waals surface area contributed by atoms with Crippen LogP contribution in [0.4, 0.5) is 0 Å². The van der Waals surface area contributed by atoms with Gasteiger partial charge in [-0.1, -0.05) is 0 Å². The van der Waals surface area contributed by atoms with E-state index in [1.54, 1.807) is 22.3 Å². The van der Waals surface area contributed by atoms with Crippen LogP contribution >= 0.6 is 0 Å². The second-order valence-electron chi connectivity index (χ2n) is 8.40.